The van der Waals surface area contributed by atoms with Crippen LogP contribution in [0.3, 0.4) is 0 Å². The molecule has 2 aromatic carbocycles. The van der Waals surface area contributed by atoms with Crippen molar-refractivity contribution in [2.45, 2.75) is 19.9 Å². The number of anilines is 1. The Kier molecular flexibility index (Phi) is 4.89. The van der Waals surface area contributed by atoms with Gasteiger partial charge in [-0.2, -0.15) is 0 Å². The number of pyridine rings is 1. The third-order valence-corrected chi connectivity index (χ3v) is 5.05. The van der Waals surface area contributed by atoms with Crippen molar-refractivity contribution in [1.82, 2.24) is 9.88 Å². The molecule has 140 valence electrons. The molecule has 5 nitrogen and oxygen atoms in total. The van der Waals surface area contributed by atoms with Gasteiger partial charge in [0, 0.05) is 30.5 Å². The van der Waals surface area contributed by atoms with E-state index in [9.17, 15) is 9.59 Å². The van der Waals surface area contributed by atoms with Crippen LogP contribution < -0.4 is 5.32 Å². The molecule has 1 aliphatic rings. The van der Waals surface area contributed by atoms with E-state index >= 15 is 0 Å². The topological polar surface area (TPSA) is 62.3 Å². The summed E-state index contributed by atoms with van der Waals surface area (Å²) in [5.74, 6) is -0.408. The summed E-state index contributed by atoms with van der Waals surface area (Å²) >= 11 is 0. The summed E-state index contributed by atoms with van der Waals surface area (Å²) in [5, 5.41) is 2.86. The van der Waals surface area contributed by atoms with Gasteiger partial charge in [0.1, 0.15) is 5.69 Å². The van der Waals surface area contributed by atoms with Crippen molar-refractivity contribution >= 4 is 17.5 Å². The number of nitrogens with zero attached hydrogens (tertiary/aromatic N) is 2. The van der Waals surface area contributed by atoms with E-state index in [2.05, 4.69) is 22.4 Å². The van der Waals surface area contributed by atoms with Crippen molar-refractivity contribution in [3.05, 3.63) is 94.8 Å². The predicted molar refractivity (Wildman–Crippen MR) is 108 cm³/mol. The normalized spacial score (nSPS) is 13.0. The van der Waals surface area contributed by atoms with Gasteiger partial charge in [0.15, 0.2) is 0 Å². The predicted octanol–water partition coefficient (Wildman–Crippen LogP) is 3.84. The van der Waals surface area contributed by atoms with Crippen LogP contribution in [0, 0.1) is 6.92 Å². The van der Waals surface area contributed by atoms with Crippen molar-refractivity contribution in [2.24, 2.45) is 0 Å². The maximum atomic E-state index is 13.0. The molecule has 0 radical (unpaired) electrons. The molecule has 0 bridgehead atoms. The van der Waals surface area contributed by atoms with E-state index in [1.165, 1.54) is 17.3 Å². The summed E-state index contributed by atoms with van der Waals surface area (Å²) in [7, 11) is 0. The van der Waals surface area contributed by atoms with Crippen molar-refractivity contribution in [3.8, 4) is 0 Å². The zero-order valence-electron chi connectivity index (χ0n) is 15.7. The Hall–Kier alpha value is -3.47. The average Bonchev–Trinajstić information content (AvgIpc) is 2.74. The Morgan fingerprint density at radius 3 is 2.57 bits per heavy atom. The molecule has 0 atom stereocenters. The Bertz CT molecular complexity index is 1050. The van der Waals surface area contributed by atoms with Crippen LogP contribution in [0.25, 0.3) is 0 Å². The molecule has 0 aliphatic carbocycles. The molecule has 2 amide bonds. The minimum absolute atomic E-state index is 0.0816. The van der Waals surface area contributed by atoms with Gasteiger partial charge < -0.3 is 10.2 Å². The number of carbonyl (C=O) groups is 2. The molecule has 4 rings (SSSR count). The monoisotopic (exact) mass is 371 g/mol. The first-order chi connectivity index (χ1) is 13.6. The highest BCUT2D eigenvalue weighted by Crippen LogP contribution is 2.21. The lowest BCUT2D eigenvalue weighted by Gasteiger charge is -2.29. The number of carbonyl (C=O) groups excluding carboxylic acids is 2. The number of para-hydroxylation sites is 1. The third kappa shape index (κ3) is 3.64. The van der Waals surface area contributed by atoms with Crippen LogP contribution in [0.15, 0.2) is 66.9 Å². The van der Waals surface area contributed by atoms with Crippen LogP contribution in [0.1, 0.15) is 37.5 Å². The Labute approximate surface area is 164 Å². The second-order valence-corrected chi connectivity index (χ2v) is 6.94. The fourth-order valence-corrected chi connectivity index (χ4v) is 3.44. The number of amides is 2. The molecule has 1 N–H and O–H groups in total. The third-order valence-electron chi connectivity index (χ3n) is 5.05. The number of hydrogen-bond donors (Lipinski definition) is 1. The maximum absolute atomic E-state index is 13.0. The smallest absolute Gasteiger partial charge is 0.274 e. The van der Waals surface area contributed by atoms with Crippen molar-refractivity contribution in [1.29, 1.82) is 0 Å². The highest BCUT2D eigenvalue weighted by Gasteiger charge is 2.22. The zero-order valence-corrected chi connectivity index (χ0v) is 15.7. The Morgan fingerprint density at radius 1 is 1.00 bits per heavy atom. The van der Waals surface area contributed by atoms with Gasteiger partial charge in [0.2, 0.25) is 0 Å². The van der Waals surface area contributed by atoms with Crippen LogP contribution in [-0.4, -0.2) is 28.2 Å². The standard InChI is InChI=1S/C23H21N3O2/c1-16-6-2-5-9-20(16)25-22(27)21-14-18(10-12-24-21)23(28)26-13-11-17-7-3-4-8-19(17)15-26/h2-10,12,14H,11,13,15H2,1H3,(H,25,27). The number of aryl methyl sites for hydroxylation is 1. The Morgan fingerprint density at radius 2 is 1.75 bits per heavy atom. The zero-order chi connectivity index (χ0) is 19.5. The molecule has 28 heavy (non-hydrogen) atoms. The molecule has 0 unspecified atom stereocenters. The van der Waals surface area contributed by atoms with Crippen LogP contribution in [0.2, 0.25) is 0 Å². The van der Waals surface area contributed by atoms with Crippen molar-refractivity contribution in [2.75, 3.05) is 11.9 Å². The fourth-order valence-electron chi connectivity index (χ4n) is 3.44. The van der Waals surface area contributed by atoms with Gasteiger partial charge in [-0.25, -0.2) is 0 Å². The molecule has 2 heterocycles. The molecule has 0 saturated carbocycles. The maximum Gasteiger partial charge on any atom is 0.274 e. The molecule has 0 fully saturated rings. The second-order valence-electron chi connectivity index (χ2n) is 6.94. The van der Waals surface area contributed by atoms with Crippen molar-refractivity contribution < 1.29 is 9.59 Å². The molecule has 0 saturated heterocycles. The van der Waals surface area contributed by atoms with E-state index < -0.39 is 0 Å². The van der Waals surface area contributed by atoms with E-state index in [1.54, 1.807) is 12.1 Å². The van der Waals surface area contributed by atoms with Gasteiger partial charge in [0.05, 0.1) is 0 Å². The number of rotatable bonds is 3. The fraction of sp³-hybridized carbons (Fsp3) is 0.174. The van der Waals surface area contributed by atoms with Crippen LogP contribution in [0.5, 0.6) is 0 Å². The van der Waals surface area contributed by atoms with Crippen LogP contribution >= 0.6 is 0 Å². The first kappa shape index (κ1) is 17.9. The number of fused-ring (bicyclic) bond motifs is 1. The highest BCUT2D eigenvalue weighted by molar-refractivity contribution is 6.05. The van der Waals surface area contributed by atoms with Gasteiger partial charge >= 0.3 is 0 Å². The Balaban J connectivity index is 1.51. The molecule has 1 aliphatic heterocycles. The minimum atomic E-state index is -0.326. The van der Waals surface area contributed by atoms with Crippen LogP contribution in [-0.2, 0) is 13.0 Å². The molecule has 5 heteroatoms. The van der Waals surface area contributed by atoms with Gasteiger partial charge in [-0.1, -0.05) is 42.5 Å². The number of benzene rings is 2. The molecular weight excluding hydrogens is 350 g/mol. The summed E-state index contributed by atoms with van der Waals surface area (Å²) in [4.78, 5) is 31.5. The highest BCUT2D eigenvalue weighted by atomic mass is 16.2. The molecule has 3 aromatic rings. The largest absolute Gasteiger partial charge is 0.334 e. The molecule has 0 spiro atoms. The quantitative estimate of drug-likeness (QED) is 0.761. The number of aromatic nitrogens is 1. The summed E-state index contributed by atoms with van der Waals surface area (Å²) < 4.78 is 0. The average molecular weight is 371 g/mol. The van der Waals surface area contributed by atoms with Gasteiger partial charge in [-0.05, 0) is 48.2 Å². The lowest BCUT2D eigenvalue weighted by atomic mass is 9.99. The first-order valence-corrected chi connectivity index (χ1v) is 9.31. The van der Waals surface area contributed by atoms with E-state index in [1.807, 2.05) is 48.2 Å². The molecule has 1 aromatic heterocycles. The van der Waals surface area contributed by atoms with E-state index in [0.29, 0.717) is 18.7 Å². The second kappa shape index (κ2) is 7.64. The summed E-state index contributed by atoms with van der Waals surface area (Å²) in [6.45, 7) is 3.18. The van der Waals surface area contributed by atoms with Crippen molar-refractivity contribution in [3.63, 3.8) is 0 Å². The van der Waals surface area contributed by atoms with Gasteiger partial charge in [-0.3, -0.25) is 14.6 Å². The SMILES string of the molecule is Cc1ccccc1NC(=O)c1cc(C(=O)N2CCc3ccccc3C2)ccn1. The lowest BCUT2D eigenvalue weighted by molar-refractivity contribution is 0.0734. The summed E-state index contributed by atoms with van der Waals surface area (Å²) in [5.41, 5.74) is 4.87. The van der Waals surface area contributed by atoms with Crippen LogP contribution in [0.4, 0.5) is 5.69 Å². The number of hydrogen-bond acceptors (Lipinski definition) is 3. The van der Waals surface area contributed by atoms with Gasteiger partial charge in [0.25, 0.3) is 11.8 Å². The first-order valence-electron chi connectivity index (χ1n) is 9.31. The molecular formula is C23H21N3O2. The minimum Gasteiger partial charge on any atom is -0.334 e. The number of nitrogens with one attached hydrogen (secondary N) is 1. The lowest BCUT2D eigenvalue weighted by Crippen LogP contribution is -2.36. The van der Waals surface area contributed by atoms with E-state index in [-0.39, 0.29) is 17.5 Å². The van der Waals surface area contributed by atoms with Gasteiger partial charge in [-0.15, -0.1) is 0 Å². The van der Waals surface area contributed by atoms with E-state index in [0.717, 1.165) is 17.7 Å². The summed E-state index contributed by atoms with van der Waals surface area (Å²) in [6.07, 6.45) is 2.35. The van der Waals surface area contributed by atoms with E-state index in [4.69, 9.17) is 0 Å². The summed E-state index contributed by atoms with van der Waals surface area (Å²) in [6, 6.07) is 19.0.